The topological polar surface area (TPSA) is 3.24 Å². The highest BCUT2D eigenvalue weighted by molar-refractivity contribution is 9.09. The molecule has 0 aliphatic carbocycles. The van der Waals surface area contributed by atoms with Gasteiger partial charge in [-0.05, 0) is 25.3 Å². The summed E-state index contributed by atoms with van der Waals surface area (Å²) in [6.45, 7) is 7.21. The number of rotatable bonds is 3. The van der Waals surface area contributed by atoms with Crippen molar-refractivity contribution in [1.29, 1.82) is 0 Å². The third-order valence-electron chi connectivity index (χ3n) is 2.79. The van der Waals surface area contributed by atoms with Crippen molar-refractivity contribution in [3.05, 3.63) is 0 Å². The lowest BCUT2D eigenvalue weighted by Gasteiger charge is -2.24. The zero-order chi connectivity index (χ0) is 8.27. The average Bonchev–Trinajstić information content (AvgIpc) is 2.33. The minimum Gasteiger partial charge on any atom is -0.299 e. The van der Waals surface area contributed by atoms with Crippen molar-refractivity contribution in [3.8, 4) is 0 Å². The second-order valence-corrected chi connectivity index (χ2v) is 4.26. The summed E-state index contributed by atoms with van der Waals surface area (Å²) in [7, 11) is 0. The van der Waals surface area contributed by atoms with Gasteiger partial charge in [-0.25, -0.2) is 0 Å². The molecule has 0 aromatic rings. The van der Waals surface area contributed by atoms with E-state index in [1.165, 1.54) is 25.9 Å². The Hall–Kier alpha value is 0.440. The summed E-state index contributed by atoms with van der Waals surface area (Å²) in [5.41, 5.74) is 0. The zero-order valence-corrected chi connectivity index (χ0v) is 9.10. The Morgan fingerprint density at radius 3 is 2.82 bits per heavy atom. The minimum absolute atomic E-state index is 0.854. The van der Waals surface area contributed by atoms with Crippen LogP contribution in [-0.4, -0.2) is 29.4 Å². The maximum Gasteiger partial charge on any atom is 0.0159 e. The molecular formula is C9H18BrN. The summed E-state index contributed by atoms with van der Waals surface area (Å²) in [6, 6.07) is 0.854. The van der Waals surface area contributed by atoms with E-state index in [-0.39, 0.29) is 0 Å². The Kier molecular flexibility index (Phi) is 3.86. The van der Waals surface area contributed by atoms with E-state index in [0.29, 0.717) is 0 Å². The summed E-state index contributed by atoms with van der Waals surface area (Å²) in [6.07, 6.45) is 2.71. The van der Waals surface area contributed by atoms with Gasteiger partial charge in [-0.15, -0.1) is 0 Å². The average molecular weight is 220 g/mol. The van der Waals surface area contributed by atoms with E-state index in [1.54, 1.807) is 0 Å². The molecule has 1 rings (SSSR count). The first-order chi connectivity index (χ1) is 5.29. The Morgan fingerprint density at radius 1 is 1.55 bits per heavy atom. The molecule has 0 radical (unpaired) electrons. The number of nitrogens with zero attached hydrogens (tertiary/aromatic N) is 1. The summed E-state index contributed by atoms with van der Waals surface area (Å²) >= 11 is 3.49. The summed E-state index contributed by atoms with van der Waals surface area (Å²) in [5, 5.41) is 1.12. The summed E-state index contributed by atoms with van der Waals surface area (Å²) in [4.78, 5) is 2.61. The van der Waals surface area contributed by atoms with Crippen LogP contribution >= 0.6 is 15.9 Å². The van der Waals surface area contributed by atoms with E-state index >= 15 is 0 Å². The molecule has 0 amide bonds. The van der Waals surface area contributed by atoms with Gasteiger partial charge in [0.2, 0.25) is 0 Å². The molecule has 1 fully saturated rings. The summed E-state index contributed by atoms with van der Waals surface area (Å²) in [5.74, 6) is 0.916. The lowest BCUT2D eigenvalue weighted by atomic mass is 10.0. The monoisotopic (exact) mass is 219 g/mol. The number of likely N-dealkylation sites (tertiary alicyclic amines) is 1. The van der Waals surface area contributed by atoms with Crippen LogP contribution in [0.25, 0.3) is 0 Å². The molecular weight excluding hydrogens is 202 g/mol. The van der Waals surface area contributed by atoms with Crippen LogP contribution in [0.3, 0.4) is 0 Å². The molecule has 0 aromatic carbocycles. The standard InChI is InChI=1S/C9H18BrN/c1-3-9-8(2)4-6-11(9)7-5-10/h8-9H,3-7H2,1-2H3. The fourth-order valence-electron chi connectivity index (χ4n) is 2.13. The molecule has 1 nitrogen and oxygen atoms in total. The van der Waals surface area contributed by atoms with Crippen LogP contribution in [0.1, 0.15) is 26.7 Å². The quantitative estimate of drug-likeness (QED) is 0.660. The second-order valence-electron chi connectivity index (χ2n) is 3.47. The highest BCUT2D eigenvalue weighted by Gasteiger charge is 2.28. The third kappa shape index (κ3) is 2.19. The van der Waals surface area contributed by atoms with Gasteiger partial charge in [0.1, 0.15) is 0 Å². The largest absolute Gasteiger partial charge is 0.299 e. The van der Waals surface area contributed by atoms with Crippen molar-refractivity contribution in [2.24, 2.45) is 5.92 Å². The predicted molar refractivity (Wildman–Crippen MR) is 53.2 cm³/mol. The van der Waals surface area contributed by atoms with Crippen LogP contribution in [0.2, 0.25) is 0 Å². The maximum atomic E-state index is 3.49. The first kappa shape index (κ1) is 9.53. The Balaban J connectivity index is 2.40. The maximum absolute atomic E-state index is 3.49. The molecule has 1 heterocycles. The molecule has 11 heavy (non-hydrogen) atoms. The van der Waals surface area contributed by atoms with E-state index in [9.17, 15) is 0 Å². The van der Waals surface area contributed by atoms with Crippen molar-refractivity contribution in [3.63, 3.8) is 0 Å². The molecule has 66 valence electrons. The van der Waals surface area contributed by atoms with E-state index in [0.717, 1.165) is 17.3 Å². The first-order valence-electron chi connectivity index (χ1n) is 4.59. The van der Waals surface area contributed by atoms with Crippen molar-refractivity contribution in [1.82, 2.24) is 4.90 Å². The highest BCUT2D eigenvalue weighted by Crippen LogP contribution is 2.25. The number of hydrogen-bond donors (Lipinski definition) is 0. The van der Waals surface area contributed by atoms with Gasteiger partial charge in [0, 0.05) is 17.9 Å². The molecule has 1 saturated heterocycles. The second kappa shape index (κ2) is 4.46. The molecule has 2 atom stereocenters. The van der Waals surface area contributed by atoms with Crippen LogP contribution < -0.4 is 0 Å². The van der Waals surface area contributed by atoms with Crippen LogP contribution in [0.15, 0.2) is 0 Å². The molecule has 0 N–H and O–H groups in total. The molecule has 1 aliphatic heterocycles. The van der Waals surface area contributed by atoms with Gasteiger partial charge >= 0.3 is 0 Å². The lowest BCUT2D eigenvalue weighted by molar-refractivity contribution is 0.239. The Bertz CT molecular complexity index is 114. The smallest absolute Gasteiger partial charge is 0.0159 e. The molecule has 0 bridgehead atoms. The van der Waals surface area contributed by atoms with E-state index in [1.807, 2.05) is 0 Å². The van der Waals surface area contributed by atoms with Gasteiger partial charge in [0.05, 0.1) is 0 Å². The molecule has 0 spiro atoms. The fraction of sp³-hybridized carbons (Fsp3) is 1.00. The SMILES string of the molecule is CCC1C(C)CCN1CCBr. The van der Waals surface area contributed by atoms with E-state index in [4.69, 9.17) is 0 Å². The van der Waals surface area contributed by atoms with Crippen LogP contribution in [-0.2, 0) is 0 Å². The van der Waals surface area contributed by atoms with Crippen molar-refractivity contribution in [2.45, 2.75) is 32.7 Å². The Labute approximate surface area is 78.3 Å². The lowest BCUT2D eigenvalue weighted by Crippen LogP contribution is -2.32. The zero-order valence-electron chi connectivity index (χ0n) is 7.52. The molecule has 0 saturated carbocycles. The molecule has 2 unspecified atom stereocenters. The van der Waals surface area contributed by atoms with Crippen LogP contribution in [0, 0.1) is 5.92 Å². The van der Waals surface area contributed by atoms with Gasteiger partial charge in [-0.1, -0.05) is 29.8 Å². The number of alkyl halides is 1. The van der Waals surface area contributed by atoms with Crippen molar-refractivity contribution < 1.29 is 0 Å². The van der Waals surface area contributed by atoms with Gasteiger partial charge in [0.15, 0.2) is 0 Å². The third-order valence-corrected chi connectivity index (χ3v) is 3.14. The molecule has 1 aliphatic rings. The number of halogens is 1. The van der Waals surface area contributed by atoms with E-state index < -0.39 is 0 Å². The van der Waals surface area contributed by atoms with Crippen LogP contribution in [0.5, 0.6) is 0 Å². The van der Waals surface area contributed by atoms with Gasteiger partial charge < -0.3 is 0 Å². The van der Waals surface area contributed by atoms with Gasteiger partial charge in [-0.2, -0.15) is 0 Å². The van der Waals surface area contributed by atoms with E-state index in [2.05, 4.69) is 34.7 Å². The van der Waals surface area contributed by atoms with Gasteiger partial charge in [0.25, 0.3) is 0 Å². The predicted octanol–water partition coefficient (Wildman–Crippen LogP) is 2.50. The fourth-order valence-corrected chi connectivity index (χ4v) is 2.59. The Morgan fingerprint density at radius 2 is 2.27 bits per heavy atom. The van der Waals surface area contributed by atoms with Crippen molar-refractivity contribution >= 4 is 15.9 Å². The summed E-state index contributed by atoms with van der Waals surface area (Å²) < 4.78 is 0. The minimum atomic E-state index is 0.854. The molecule has 0 aromatic heterocycles. The van der Waals surface area contributed by atoms with Crippen molar-refractivity contribution in [2.75, 3.05) is 18.4 Å². The normalized spacial score (nSPS) is 33.0. The van der Waals surface area contributed by atoms with Crippen LogP contribution in [0.4, 0.5) is 0 Å². The highest BCUT2D eigenvalue weighted by atomic mass is 79.9. The number of hydrogen-bond acceptors (Lipinski definition) is 1. The molecule has 2 heteroatoms. The van der Waals surface area contributed by atoms with Gasteiger partial charge in [-0.3, -0.25) is 4.90 Å². The first-order valence-corrected chi connectivity index (χ1v) is 5.71.